The number of azo groups is 1. The van der Waals surface area contributed by atoms with Crippen LogP contribution in [0.5, 0.6) is 0 Å². The van der Waals surface area contributed by atoms with E-state index in [-0.39, 0.29) is 6.03 Å². The van der Waals surface area contributed by atoms with Crippen LogP contribution in [0.25, 0.3) is 5.69 Å². The summed E-state index contributed by atoms with van der Waals surface area (Å²) in [5, 5.41) is 16.0. The Morgan fingerprint density at radius 2 is 1.86 bits per heavy atom. The van der Waals surface area contributed by atoms with E-state index in [2.05, 4.69) is 38.9 Å². The van der Waals surface area contributed by atoms with E-state index < -0.39 is 0 Å². The summed E-state index contributed by atoms with van der Waals surface area (Å²) >= 11 is 0. The summed E-state index contributed by atoms with van der Waals surface area (Å²) in [6.45, 7) is 6.38. The predicted octanol–water partition coefficient (Wildman–Crippen LogP) is 4.25. The number of hydrogen-bond acceptors (Lipinski definition) is 7. The first-order chi connectivity index (χ1) is 17.1. The number of nitrogens with one attached hydrogen (secondary N) is 2. The van der Waals surface area contributed by atoms with Crippen LogP contribution in [0.15, 0.2) is 65.0 Å². The van der Waals surface area contributed by atoms with Crippen molar-refractivity contribution in [3.8, 4) is 5.69 Å². The maximum Gasteiger partial charge on any atom is 0.323 e. The Kier molecular flexibility index (Phi) is 6.75. The van der Waals surface area contributed by atoms with Crippen LogP contribution >= 0.6 is 0 Å². The van der Waals surface area contributed by atoms with Gasteiger partial charge in [-0.1, -0.05) is 19.1 Å². The highest BCUT2D eigenvalue weighted by Gasteiger charge is 2.25. The third kappa shape index (κ3) is 5.19. The van der Waals surface area contributed by atoms with E-state index in [4.69, 9.17) is 10.6 Å². The Morgan fingerprint density at radius 1 is 1.09 bits per heavy atom. The van der Waals surface area contributed by atoms with Gasteiger partial charge < -0.3 is 19.9 Å². The number of morpholine rings is 1. The van der Waals surface area contributed by atoms with Crippen LogP contribution in [0.3, 0.4) is 0 Å². The molecule has 0 atom stereocenters. The van der Waals surface area contributed by atoms with E-state index in [0.29, 0.717) is 12.4 Å². The highest BCUT2D eigenvalue weighted by molar-refractivity contribution is 5.99. The second kappa shape index (κ2) is 10.3. The van der Waals surface area contributed by atoms with Crippen molar-refractivity contribution in [1.29, 1.82) is 0 Å². The van der Waals surface area contributed by atoms with Crippen LogP contribution in [0.4, 0.5) is 27.7 Å². The topological polar surface area (TPSA) is 113 Å². The number of nitrogens with two attached hydrogens (primary N) is 1. The second-order valence-corrected chi connectivity index (χ2v) is 8.62. The molecule has 1 fully saturated rings. The molecule has 3 heterocycles. The molecule has 5 rings (SSSR count). The lowest BCUT2D eigenvalue weighted by atomic mass is 10.1. The average molecular weight is 475 g/mol. The number of hydrazine groups is 1. The summed E-state index contributed by atoms with van der Waals surface area (Å²) < 4.78 is 7.50. The zero-order valence-electron chi connectivity index (χ0n) is 19.8. The monoisotopic (exact) mass is 474 g/mol. The first kappa shape index (κ1) is 23.0. The zero-order chi connectivity index (χ0) is 24.2. The van der Waals surface area contributed by atoms with Gasteiger partial charge in [-0.05, 0) is 48.4 Å². The standard InChI is InChI=1S/C25H30N8O2/c1-2-18-4-3-5-21(14-18)29-25(34)28-20-6-8-22(9-7-20)32-16-19(15-31-10-12-35-13-11-31)23-24(32)33(26)17-27-30-23/h3-9,14,16H,2,10-13,15,17,26H2,1H3,(H2,28,29,34). The number of carbonyl (C=O) groups excluding carboxylic acids is 1. The van der Waals surface area contributed by atoms with E-state index >= 15 is 0 Å². The molecule has 2 aromatic carbocycles. The quantitative estimate of drug-likeness (QED) is 0.462. The van der Waals surface area contributed by atoms with E-state index in [0.717, 1.165) is 67.7 Å². The molecule has 0 bridgehead atoms. The maximum absolute atomic E-state index is 12.5. The number of urea groups is 1. The number of rotatable bonds is 6. The van der Waals surface area contributed by atoms with Crippen molar-refractivity contribution in [3.05, 3.63) is 65.9 Å². The minimum Gasteiger partial charge on any atom is -0.379 e. The summed E-state index contributed by atoms with van der Waals surface area (Å²) in [6.07, 6.45) is 2.98. The molecule has 3 aromatic rings. The molecule has 10 nitrogen and oxygen atoms in total. The van der Waals surface area contributed by atoms with Gasteiger partial charge >= 0.3 is 6.03 Å². The molecule has 0 spiro atoms. The summed E-state index contributed by atoms with van der Waals surface area (Å²) in [4.78, 5) is 14.8. The Hall–Kier alpha value is -3.73. The lowest BCUT2D eigenvalue weighted by Crippen LogP contribution is -2.35. The van der Waals surface area contributed by atoms with Gasteiger partial charge in [0.05, 0.1) is 13.2 Å². The number of ether oxygens (including phenoxy) is 1. The Bertz CT molecular complexity index is 1210. The summed E-state index contributed by atoms with van der Waals surface area (Å²) in [6, 6.07) is 15.2. The van der Waals surface area contributed by atoms with Crippen molar-refractivity contribution in [2.75, 3.05) is 48.6 Å². The minimum atomic E-state index is -0.286. The third-order valence-corrected chi connectivity index (χ3v) is 6.18. The van der Waals surface area contributed by atoms with Gasteiger partial charge in [-0.25, -0.2) is 10.6 Å². The number of anilines is 3. The Balaban J connectivity index is 1.33. The molecule has 10 heteroatoms. The molecule has 1 aromatic heterocycles. The molecule has 0 saturated carbocycles. The Labute approximate surface area is 204 Å². The molecule has 0 radical (unpaired) electrons. The number of benzene rings is 2. The highest BCUT2D eigenvalue weighted by Crippen LogP contribution is 2.39. The molecular formula is C25H30N8O2. The number of hydrogen-bond donors (Lipinski definition) is 3. The van der Waals surface area contributed by atoms with Gasteiger partial charge in [0.25, 0.3) is 0 Å². The van der Waals surface area contributed by atoms with Gasteiger partial charge in [-0.15, -0.1) is 5.11 Å². The first-order valence-corrected chi connectivity index (χ1v) is 11.8. The average Bonchev–Trinajstić information content (AvgIpc) is 3.24. The van der Waals surface area contributed by atoms with Crippen LogP contribution in [-0.4, -0.2) is 48.5 Å². The predicted molar refractivity (Wildman–Crippen MR) is 136 cm³/mol. The van der Waals surface area contributed by atoms with Crippen LogP contribution in [0.2, 0.25) is 0 Å². The van der Waals surface area contributed by atoms with Crippen molar-refractivity contribution in [2.24, 2.45) is 16.1 Å². The number of fused-ring (bicyclic) bond motifs is 1. The third-order valence-electron chi connectivity index (χ3n) is 6.18. The molecule has 2 aliphatic rings. The largest absolute Gasteiger partial charge is 0.379 e. The molecule has 182 valence electrons. The Morgan fingerprint density at radius 3 is 2.63 bits per heavy atom. The molecule has 35 heavy (non-hydrogen) atoms. The van der Waals surface area contributed by atoms with Crippen molar-refractivity contribution in [1.82, 2.24) is 9.47 Å². The molecule has 2 aliphatic heterocycles. The number of aryl methyl sites for hydroxylation is 1. The van der Waals surface area contributed by atoms with Crippen molar-refractivity contribution in [3.63, 3.8) is 0 Å². The maximum atomic E-state index is 12.5. The van der Waals surface area contributed by atoms with E-state index in [1.165, 1.54) is 5.56 Å². The van der Waals surface area contributed by atoms with E-state index in [9.17, 15) is 4.79 Å². The zero-order valence-corrected chi connectivity index (χ0v) is 19.8. The summed E-state index contributed by atoms with van der Waals surface area (Å²) in [5.74, 6) is 7.08. The van der Waals surface area contributed by atoms with Gasteiger partial charge in [-0.2, -0.15) is 5.11 Å². The van der Waals surface area contributed by atoms with Gasteiger partial charge in [-0.3, -0.25) is 9.91 Å². The van der Waals surface area contributed by atoms with Crippen LogP contribution in [0.1, 0.15) is 18.1 Å². The highest BCUT2D eigenvalue weighted by atomic mass is 16.5. The van der Waals surface area contributed by atoms with E-state index in [1.54, 1.807) is 5.01 Å². The fourth-order valence-electron chi connectivity index (χ4n) is 4.34. The minimum absolute atomic E-state index is 0.286. The van der Waals surface area contributed by atoms with Gasteiger partial charge in [0.2, 0.25) is 0 Å². The van der Waals surface area contributed by atoms with E-state index in [1.807, 2.05) is 53.1 Å². The molecule has 0 aliphatic carbocycles. The fraction of sp³-hybridized carbons (Fsp3) is 0.320. The lowest BCUT2D eigenvalue weighted by Gasteiger charge is -2.26. The molecule has 0 unspecified atom stereocenters. The molecule has 1 saturated heterocycles. The number of aromatic nitrogens is 1. The van der Waals surface area contributed by atoms with Crippen LogP contribution < -0.4 is 21.5 Å². The van der Waals surface area contributed by atoms with Crippen molar-refractivity contribution >= 4 is 28.9 Å². The van der Waals surface area contributed by atoms with Crippen LogP contribution in [0, 0.1) is 0 Å². The van der Waals surface area contributed by atoms with Gasteiger partial charge in [0.1, 0.15) is 12.4 Å². The first-order valence-electron chi connectivity index (χ1n) is 11.8. The van der Waals surface area contributed by atoms with Gasteiger partial charge in [0.15, 0.2) is 5.82 Å². The smallest absolute Gasteiger partial charge is 0.323 e. The van der Waals surface area contributed by atoms with Crippen LogP contribution in [-0.2, 0) is 17.7 Å². The van der Waals surface area contributed by atoms with Gasteiger partial charge in [0, 0.05) is 48.5 Å². The summed E-state index contributed by atoms with van der Waals surface area (Å²) in [7, 11) is 0. The normalized spacial score (nSPS) is 15.7. The number of carbonyl (C=O) groups is 1. The number of nitrogens with zero attached hydrogens (tertiary/aromatic N) is 5. The second-order valence-electron chi connectivity index (χ2n) is 8.62. The SMILES string of the molecule is CCc1cccc(NC(=O)Nc2ccc(-n3cc(CN4CCOCC4)c4c3N(N)CN=N4)cc2)c1. The number of amides is 2. The lowest BCUT2D eigenvalue weighted by molar-refractivity contribution is 0.0342. The fourth-order valence-corrected chi connectivity index (χ4v) is 4.34. The molecule has 2 amide bonds. The van der Waals surface area contributed by atoms with Crippen molar-refractivity contribution < 1.29 is 9.53 Å². The molecule has 4 N–H and O–H groups in total. The summed E-state index contributed by atoms with van der Waals surface area (Å²) in [5.41, 5.74) is 5.41. The molecular weight excluding hydrogens is 444 g/mol. The van der Waals surface area contributed by atoms with Crippen molar-refractivity contribution in [2.45, 2.75) is 19.9 Å².